The zero-order valence-electron chi connectivity index (χ0n) is 13.2. The minimum atomic E-state index is -3.65. The Hall–Kier alpha value is -2.34. The minimum Gasteiger partial charge on any atom is -0.459 e. The number of aryl methyl sites for hydroxylation is 1. The lowest BCUT2D eigenvalue weighted by Gasteiger charge is -2.10. The lowest BCUT2D eigenvalue weighted by Crippen LogP contribution is -2.14. The van der Waals surface area contributed by atoms with Crippen LogP contribution in [0.25, 0.3) is 0 Å². The molecule has 0 aliphatic carbocycles. The predicted octanol–water partition coefficient (Wildman–Crippen LogP) is 3.36. The normalized spacial score (nSPS) is 11.3. The Labute approximate surface area is 136 Å². The lowest BCUT2D eigenvalue weighted by atomic mass is 10.2. The van der Waals surface area contributed by atoms with Crippen LogP contribution in [-0.4, -0.2) is 20.5 Å². The summed E-state index contributed by atoms with van der Waals surface area (Å²) < 4.78 is 32.1. The highest BCUT2D eigenvalue weighted by atomic mass is 32.2. The van der Waals surface area contributed by atoms with Crippen molar-refractivity contribution in [1.82, 2.24) is 0 Å². The maximum absolute atomic E-state index is 12.3. The quantitative estimate of drug-likeness (QED) is 0.852. The molecule has 1 N–H and O–H groups in total. The molecule has 0 aliphatic rings. The number of rotatable bonds is 5. The Morgan fingerprint density at radius 3 is 2.09 bits per heavy atom. The summed E-state index contributed by atoms with van der Waals surface area (Å²) in [6.07, 6.45) is -0.206. The molecule has 122 valence electrons. The van der Waals surface area contributed by atoms with E-state index >= 15 is 0 Å². The molecule has 0 fully saturated rings. The molecule has 0 bridgehead atoms. The maximum atomic E-state index is 12.3. The van der Waals surface area contributed by atoms with Crippen LogP contribution in [0.5, 0.6) is 0 Å². The van der Waals surface area contributed by atoms with Gasteiger partial charge in [0.1, 0.15) is 0 Å². The standard InChI is InChI=1S/C17H19NO4S/c1-12(2)22-17(19)14-6-8-15(9-7-14)18-23(20,21)16-10-4-13(3)5-11-16/h4-12,18H,1-3H3. The molecule has 0 saturated heterocycles. The zero-order valence-corrected chi connectivity index (χ0v) is 14.1. The highest BCUT2D eigenvalue weighted by Crippen LogP contribution is 2.17. The third kappa shape index (κ3) is 4.56. The summed E-state index contributed by atoms with van der Waals surface area (Å²) in [5, 5.41) is 0. The van der Waals surface area contributed by atoms with Gasteiger partial charge in [-0.3, -0.25) is 4.72 Å². The summed E-state index contributed by atoms with van der Waals surface area (Å²) in [5.74, 6) is -0.437. The minimum absolute atomic E-state index is 0.186. The number of carbonyl (C=O) groups excluding carboxylic acids is 1. The number of carbonyl (C=O) groups is 1. The maximum Gasteiger partial charge on any atom is 0.338 e. The van der Waals surface area contributed by atoms with E-state index in [2.05, 4.69) is 4.72 Å². The molecule has 23 heavy (non-hydrogen) atoms. The van der Waals surface area contributed by atoms with Gasteiger partial charge in [0, 0.05) is 5.69 Å². The summed E-state index contributed by atoms with van der Waals surface area (Å²) in [4.78, 5) is 11.9. The summed E-state index contributed by atoms with van der Waals surface area (Å²) in [5.41, 5.74) is 1.74. The number of hydrogen-bond acceptors (Lipinski definition) is 4. The van der Waals surface area contributed by atoms with Crippen LogP contribution in [-0.2, 0) is 14.8 Å². The van der Waals surface area contributed by atoms with Crippen molar-refractivity contribution < 1.29 is 17.9 Å². The molecule has 0 unspecified atom stereocenters. The third-order valence-electron chi connectivity index (χ3n) is 3.05. The van der Waals surface area contributed by atoms with Crippen LogP contribution in [0, 0.1) is 6.92 Å². The van der Waals surface area contributed by atoms with Gasteiger partial charge in [-0.05, 0) is 57.2 Å². The van der Waals surface area contributed by atoms with E-state index in [0.717, 1.165) is 5.56 Å². The van der Waals surface area contributed by atoms with E-state index in [9.17, 15) is 13.2 Å². The van der Waals surface area contributed by atoms with Crippen molar-refractivity contribution in [1.29, 1.82) is 0 Å². The second-order valence-corrected chi connectivity index (χ2v) is 7.13. The molecule has 2 aromatic rings. The third-order valence-corrected chi connectivity index (χ3v) is 4.44. The lowest BCUT2D eigenvalue weighted by molar-refractivity contribution is 0.0378. The van der Waals surface area contributed by atoms with Crippen molar-refractivity contribution in [3.05, 3.63) is 59.7 Å². The van der Waals surface area contributed by atoms with E-state index in [-0.39, 0.29) is 11.0 Å². The van der Waals surface area contributed by atoms with Crippen LogP contribution in [0.3, 0.4) is 0 Å². The number of esters is 1. The molecule has 0 aromatic heterocycles. The van der Waals surface area contributed by atoms with Crippen molar-refractivity contribution in [3.8, 4) is 0 Å². The molecule has 6 heteroatoms. The van der Waals surface area contributed by atoms with Gasteiger partial charge in [0.2, 0.25) is 0 Å². The van der Waals surface area contributed by atoms with Gasteiger partial charge in [-0.1, -0.05) is 17.7 Å². The van der Waals surface area contributed by atoms with Crippen LogP contribution < -0.4 is 4.72 Å². The molecule has 0 saturated carbocycles. The largest absolute Gasteiger partial charge is 0.459 e. The predicted molar refractivity (Wildman–Crippen MR) is 89.0 cm³/mol. The van der Waals surface area contributed by atoms with E-state index < -0.39 is 16.0 Å². The van der Waals surface area contributed by atoms with Crippen molar-refractivity contribution >= 4 is 21.7 Å². The van der Waals surface area contributed by atoms with Gasteiger partial charge in [-0.25, -0.2) is 13.2 Å². The molecule has 2 rings (SSSR count). The number of sulfonamides is 1. The smallest absolute Gasteiger partial charge is 0.338 e. The van der Waals surface area contributed by atoms with E-state index in [1.807, 2.05) is 6.92 Å². The number of anilines is 1. The van der Waals surface area contributed by atoms with E-state index in [4.69, 9.17) is 4.74 Å². The highest BCUT2D eigenvalue weighted by molar-refractivity contribution is 7.92. The van der Waals surface area contributed by atoms with E-state index in [1.165, 1.54) is 24.3 Å². The van der Waals surface area contributed by atoms with Crippen LogP contribution in [0.15, 0.2) is 53.4 Å². The average Bonchev–Trinajstić information content (AvgIpc) is 2.47. The summed E-state index contributed by atoms with van der Waals surface area (Å²) >= 11 is 0. The number of benzene rings is 2. The summed E-state index contributed by atoms with van der Waals surface area (Å²) in [6, 6.07) is 12.7. The fourth-order valence-corrected chi connectivity index (χ4v) is 2.95. The van der Waals surface area contributed by atoms with Crippen molar-refractivity contribution in [2.75, 3.05) is 4.72 Å². The van der Waals surface area contributed by atoms with Crippen LogP contribution >= 0.6 is 0 Å². The first-order chi connectivity index (χ1) is 10.8. The first-order valence-corrected chi connectivity index (χ1v) is 8.67. The molecular weight excluding hydrogens is 314 g/mol. The monoisotopic (exact) mass is 333 g/mol. The molecular formula is C17H19NO4S. The molecule has 0 heterocycles. The Morgan fingerprint density at radius 1 is 1.00 bits per heavy atom. The zero-order chi connectivity index (χ0) is 17.0. The first kappa shape index (κ1) is 17.0. The van der Waals surface area contributed by atoms with Crippen LogP contribution in [0.1, 0.15) is 29.8 Å². The Kier molecular flexibility index (Phi) is 5.05. The Morgan fingerprint density at radius 2 is 1.57 bits per heavy atom. The van der Waals surface area contributed by atoms with E-state index in [1.54, 1.807) is 38.1 Å². The molecule has 0 amide bonds. The van der Waals surface area contributed by atoms with Crippen molar-refractivity contribution in [3.63, 3.8) is 0 Å². The number of hydrogen-bond donors (Lipinski definition) is 1. The molecule has 2 aromatic carbocycles. The fourth-order valence-electron chi connectivity index (χ4n) is 1.89. The Balaban J connectivity index is 2.14. The van der Waals surface area contributed by atoms with Gasteiger partial charge >= 0.3 is 5.97 Å². The molecule has 0 atom stereocenters. The number of ether oxygens (including phenoxy) is 1. The van der Waals surface area contributed by atoms with Gasteiger partial charge in [0.25, 0.3) is 10.0 Å². The van der Waals surface area contributed by atoms with Crippen LogP contribution in [0.4, 0.5) is 5.69 Å². The molecule has 0 aliphatic heterocycles. The van der Waals surface area contributed by atoms with E-state index in [0.29, 0.717) is 11.3 Å². The SMILES string of the molecule is Cc1ccc(S(=O)(=O)Nc2ccc(C(=O)OC(C)C)cc2)cc1. The molecule has 5 nitrogen and oxygen atoms in total. The first-order valence-electron chi connectivity index (χ1n) is 7.18. The molecule has 0 radical (unpaired) electrons. The number of nitrogens with one attached hydrogen (secondary N) is 1. The second-order valence-electron chi connectivity index (χ2n) is 5.45. The average molecular weight is 333 g/mol. The van der Waals surface area contributed by atoms with Gasteiger partial charge in [-0.15, -0.1) is 0 Å². The summed E-state index contributed by atoms with van der Waals surface area (Å²) in [6.45, 7) is 5.42. The van der Waals surface area contributed by atoms with Gasteiger partial charge in [-0.2, -0.15) is 0 Å². The highest BCUT2D eigenvalue weighted by Gasteiger charge is 2.14. The van der Waals surface area contributed by atoms with Gasteiger partial charge in [0.05, 0.1) is 16.6 Å². The second kappa shape index (κ2) is 6.83. The van der Waals surface area contributed by atoms with Crippen molar-refractivity contribution in [2.45, 2.75) is 31.8 Å². The fraction of sp³-hybridized carbons (Fsp3) is 0.235. The van der Waals surface area contributed by atoms with Gasteiger partial charge in [0.15, 0.2) is 0 Å². The van der Waals surface area contributed by atoms with Gasteiger partial charge < -0.3 is 4.74 Å². The van der Waals surface area contributed by atoms with Crippen molar-refractivity contribution in [2.24, 2.45) is 0 Å². The molecule has 0 spiro atoms. The summed E-state index contributed by atoms with van der Waals surface area (Å²) in [7, 11) is -3.65. The topological polar surface area (TPSA) is 72.5 Å². The Bertz CT molecular complexity index is 778. The van der Waals surface area contributed by atoms with Crippen LogP contribution in [0.2, 0.25) is 0 Å².